The number of nitrogens with one attached hydrogen (secondary N) is 1. The van der Waals surface area contributed by atoms with Crippen LogP contribution < -0.4 is 5.32 Å². The molecule has 2 rings (SSSR count). The van der Waals surface area contributed by atoms with E-state index >= 15 is 0 Å². The summed E-state index contributed by atoms with van der Waals surface area (Å²) in [5, 5.41) is 2.83. The Balaban J connectivity index is 1.95. The predicted molar refractivity (Wildman–Crippen MR) is 88.1 cm³/mol. The van der Waals surface area contributed by atoms with Gasteiger partial charge in [-0.1, -0.05) is 0 Å². The third-order valence-electron chi connectivity index (χ3n) is 3.61. The van der Waals surface area contributed by atoms with Gasteiger partial charge in [-0.2, -0.15) is 0 Å². The Morgan fingerprint density at radius 3 is 2.78 bits per heavy atom. The average molecular weight is 319 g/mol. The van der Waals surface area contributed by atoms with Crippen LogP contribution in [0.4, 0.5) is 10.6 Å². The monoisotopic (exact) mass is 319 g/mol. The van der Waals surface area contributed by atoms with E-state index in [2.05, 4.69) is 10.3 Å². The number of likely N-dealkylation sites (tertiary alicyclic amines) is 1. The van der Waals surface area contributed by atoms with Crippen molar-refractivity contribution >= 4 is 17.8 Å². The lowest BCUT2D eigenvalue weighted by Crippen LogP contribution is -2.45. The molecule has 1 aromatic rings. The highest BCUT2D eigenvalue weighted by Crippen LogP contribution is 2.20. The van der Waals surface area contributed by atoms with Gasteiger partial charge in [0.05, 0.1) is 5.92 Å². The van der Waals surface area contributed by atoms with Gasteiger partial charge < -0.3 is 15.0 Å². The molecule has 1 aliphatic heterocycles. The van der Waals surface area contributed by atoms with E-state index in [0.29, 0.717) is 18.9 Å². The van der Waals surface area contributed by atoms with Gasteiger partial charge >= 0.3 is 6.09 Å². The molecule has 0 unspecified atom stereocenters. The quantitative estimate of drug-likeness (QED) is 0.909. The summed E-state index contributed by atoms with van der Waals surface area (Å²) in [4.78, 5) is 30.3. The highest BCUT2D eigenvalue weighted by molar-refractivity contribution is 5.92. The second kappa shape index (κ2) is 6.98. The molecule has 0 saturated carbocycles. The summed E-state index contributed by atoms with van der Waals surface area (Å²) in [6.07, 6.45) is 2.86. The molecule has 1 aromatic heterocycles. The molecular weight excluding hydrogens is 294 g/mol. The zero-order chi connectivity index (χ0) is 17.0. The second-order valence-corrected chi connectivity index (χ2v) is 6.97. The smallest absolute Gasteiger partial charge is 0.410 e. The zero-order valence-electron chi connectivity index (χ0n) is 14.3. The van der Waals surface area contributed by atoms with Crippen LogP contribution in [0.5, 0.6) is 0 Å². The summed E-state index contributed by atoms with van der Waals surface area (Å²) in [6.45, 7) is 8.46. The minimum absolute atomic E-state index is 0.101. The van der Waals surface area contributed by atoms with E-state index < -0.39 is 5.60 Å². The number of carbonyl (C=O) groups is 2. The molecule has 1 saturated heterocycles. The van der Waals surface area contributed by atoms with Gasteiger partial charge in [-0.3, -0.25) is 4.79 Å². The fourth-order valence-electron chi connectivity index (χ4n) is 2.52. The molecule has 23 heavy (non-hydrogen) atoms. The van der Waals surface area contributed by atoms with Gasteiger partial charge in [-0.25, -0.2) is 9.78 Å². The highest BCUT2D eigenvalue weighted by atomic mass is 16.6. The fourth-order valence-corrected chi connectivity index (χ4v) is 2.52. The van der Waals surface area contributed by atoms with Crippen molar-refractivity contribution in [2.75, 3.05) is 18.4 Å². The molecule has 1 fully saturated rings. The number of ether oxygens (including phenoxy) is 1. The third kappa shape index (κ3) is 5.23. The molecule has 1 atom stereocenters. The van der Waals surface area contributed by atoms with Gasteiger partial charge in [-0.15, -0.1) is 0 Å². The molecular formula is C17H25N3O3. The molecule has 1 aliphatic rings. The van der Waals surface area contributed by atoms with Crippen LogP contribution in [0.2, 0.25) is 0 Å². The zero-order valence-corrected chi connectivity index (χ0v) is 14.3. The molecule has 0 radical (unpaired) electrons. The van der Waals surface area contributed by atoms with Crippen LogP contribution in [0.25, 0.3) is 0 Å². The minimum atomic E-state index is -0.530. The SMILES string of the molecule is Cc1ccnc(NC(=O)[C@@H]2CCCN(C(=O)OC(C)(C)C)C2)c1. The van der Waals surface area contributed by atoms with Crippen LogP contribution in [-0.4, -0.2) is 40.6 Å². The number of aromatic nitrogens is 1. The van der Waals surface area contributed by atoms with Gasteiger partial charge in [0.25, 0.3) is 0 Å². The number of amides is 2. The van der Waals surface area contributed by atoms with Gasteiger partial charge in [0.15, 0.2) is 0 Å². The van der Waals surface area contributed by atoms with Crippen LogP contribution >= 0.6 is 0 Å². The number of hydrogen-bond donors (Lipinski definition) is 1. The summed E-state index contributed by atoms with van der Waals surface area (Å²) in [6, 6.07) is 3.70. The topological polar surface area (TPSA) is 71.5 Å². The molecule has 0 bridgehead atoms. The lowest BCUT2D eigenvalue weighted by Gasteiger charge is -2.33. The number of rotatable bonds is 2. The third-order valence-corrected chi connectivity index (χ3v) is 3.61. The van der Waals surface area contributed by atoms with Crippen molar-refractivity contribution in [2.24, 2.45) is 5.92 Å². The van der Waals surface area contributed by atoms with Gasteiger partial charge in [0.1, 0.15) is 11.4 Å². The first-order valence-electron chi connectivity index (χ1n) is 7.96. The summed E-state index contributed by atoms with van der Waals surface area (Å²) >= 11 is 0. The molecule has 0 spiro atoms. The lowest BCUT2D eigenvalue weighted by atomic mass is 9.97. The number of piperidine rings is 1. The fraction of sp³-hybridized carbons (Fsp3) is 0.588. The average Bonchev–Trinajstić information content (AvgIpc) is 2.45. The van der Waals surface area contributed by atoms with Crippen LogP contribution in [0, 0.1) is 12.8 Å². The Morgan fingerprint density at radius 1 is 1.39 bits per heavy atom. The molecule has 6 heteroatoms. The van der Waals surface area contributed by atoms with E-state index in [1.165, 1.54) is 0 Å². The first-order chi connectivity index (χ1) is 10.7. The second-order valence-electron chi connectivity index (χ2n) is 6.97. The first kappa shape index (κ1) is 17.2. The number of hydrogen-bond acceptors (Lipinski definition) is 4. The number of nitrogens with zero attached hydrogens (tertiary/aromatic N) is 2. The normalized spacial score (nSPS) is 18.4. The van der Waals surface area contributed by atoms with Crippen molar-refractivity contribution in [1.29, 1.82) is 0 Å². The van der Waals surface area contributed by atoms with Gasteiger partial charge in [0.2, 0.25) is 5.91 Å². The maximum Gasteiger partial charge on any atom is 0.410 e. The van der Waals surface area contributed by atoms with Gasteiger partial charge in [0, 0.05) is 19.3 Å². The molecule has 2 amide bonds. The maximum atomic E-state index is 12.4. The largest absolute Gasteiger partial charge is 0.444 e. The van der Waals surface area contributed by atoms with Crippen molar-refractivity contribution in [2.45, 2.75) is 46.1 Å². The Hall–Kier alpha value is -2.11. The van der Waals surface area contributed by atoms with Gasteiger partial charge in [-0.05, 0) is 58.2 Å². The number of aryl methyl sites for hydroxylation is 1. The van der Waals surface area contributed by atoms with Crippen molar-refractivity contribution in [3.05, 3.63) is 23.9 Å². The van der Waals surface area contributed by atoms with Crippen LogP contribution in [-0.2, 0) is 9.53 Å². The minimum Gasteiger partial charge on any atom is -0.444 e. The summed E-state index contributed by atoms with van der Waals surface area (Å²) < 4.78 is 5.38. The van der Waals surface area contributed by atoms with E-state index in [0.717, 1.165) is 18.4 Å². The molecule has 1 N–H and O–H groups in total. The molecule has 2 heterocycles. The molecule has 0 aliphatic carbocycles. The van der Waals surface area contributed by atoms with E-state index in [9.17, 15) is 9.59 Å². The number of pyridine rings is 1. The van der Waals surface area contributed by atoms with Crippen molar-refractivity contribution in [3.63, 3.8) is 0 Å². The Bertz CT molecular complexity index is 581. The van der Waals surface area contributed by atoms with E-state index in [-0.39, 0.29) is 17.9 Å². The summed E-state index contributed by atoms with van der Waals surface area (Å²) in [5.41, 5.74) is 0.506. The molecule has 6 nitrogen and oxygen atoms in total. The highest BCUT2D eigenvalue weighted by Gasteiger charge is 2.31. The van der Waals surface area contributed by atoms with Crippen LogP contribution in [0.3, 0.4) is 0 Å². The van der Waals surface area contributed by atoms with Crippen molar-refractivity contribution in [1.82, 2.24) is 9.88 Å². The summed E-state index contributed by atoms with van der Waals surface area (Å²) in [5.74, 6) is 0.208. The first-order valence-corrected chi connectivity index (χ1v) is 7.96. The van der Waals surface area contributed by atoms with Crippen LogP contribution in [0.1, 0.15) is 39.2 Å². The van der Waals surface area contributed by atoms with Crippen LogP contribution in [0.15, 0.2) is 18.3 Å². The Morgan fingerprint density at radius 2 is 2.13 bits per heavy atom. The van der Waals surface area contributed by atoms with E-state index in [1.807, 2.05) is 39.8 Å². The summed E-state index contributed by atoms with van der Waals surface area (Å²) in [7, 11) is 0. The number of anilines is 1. The van der Waals surface area contributed by atoms with Crippen molar-refractivity contribution in [3.8, 4) is 0 Å². The standard InChI is InChI=1S/C17H25N3O3/c1-12-7-8-18-14(10-12)19-15(21)13-6-5-9-20(11-13)16(22)23-17(2,3)4/h7-8,10,13H,5-6,9,11H2,1-4H3,(H,18,19,21)/t13-/m1/s1. The Labute approximate surface area is 137 Å². The molecule has 0 aromatic carbocycles. The number of carbonyl (C=O) groups excluding carboxylic acids is 2. The predicted octanol–water partition coefficient (Wildman–Crippen LogP) is 2.98. The van der Waals surface area contributed by atoms with E-state index in [1.54, 1.807) is 11.1 Å². The van der Waals surface area contributed by atoms with E-state index in [4.69, 9.17) is 4.74 Å². The molecule has 126 valence electrons. The Kier molecular flexibility index (Phi) is 5.23. The lowest BCUT2D eigenvalue weighted by molar-refractivity contribution is -0.121. The van der Waals surface area contributed by atoms with Crippen molar-refractivity contribution < 1.29 is 14.3 Å². The maximum absolute atomic E-state index is 12.4.